The number of hydrazone groups is 1. The van der Waals surface area contributed by atoms with Gasteiger partial charge in [0, 0.05) is 15.1 Å². The molecular formula is C23H18BrClN2O4. The van der Waals surface area contributed by atoms with Crippen LogP contribution in [0.1, 0.15) is 21.5 Å². The Labute approximate surface area is 193 Å². The molecular weight excluding hydrogens is 484 g/mol. The molecule has 0 aliphatic carbocycles. The molecule has 158 valence electrons. The number of aryl methyl sites for hydroxylation is 1. The van der Waals surface area contributed by atoms with Crippen molar-refractivity contribution in [1.82, 2.24) is 5.43 Å². The van der Waals surface area contributed by atoms with E-state index in [4.69, 9.17) is 21.1 Å². The molecule has 0 aromatic heterocycles. The highest BCUT2D eigenvalue weighted by Gasteiger charge is 2.13. The molecule has 0 heterocycles. The molecule has 3 aromatic carbocycles. The summed E-state index contributed by atoms with van der Waals surface area (Å²) in [5, 5.41) is 4.44. The molecule has 3 rings (SSSR count). The van der Waals surface area contributed by atoms with E-state index in [1.807, 2.05) is 19.1 Å². The summed E-state index contributed by atoms with van der Waals surface area (Å²) in [4.78, 5) is 24.5. The topological polar surface area (TPSA) is 77.0 Å². The molecule has 0 unspecified atom stereocenters. The van der Waals surface area contributed by atoms with Crippen LogP contribution in [-0.4, -0.2) is 24.7 Å². The van der Waals surface area contributed by atoms with Gasteiger partial charge in [0.05, 0.1) is 11.8 Å². The average molecular weight is 502 g/mol. The molecule has 0 radical (unpaired) electrons. The first kappa shape index (κ1) is 22.5. The van der Waals surface area contributed by atoms with E-state index in [2.05, 4.69) is 26.5 Å². The van der Waals surface area contributed by atoms with Crippen molar-refractivity contribution in [2.75, 3.05) is 6.61 Å². The van der Waals surface area contributed by atoms with E-state index in [1.54, 1.807) is 54.6 Å². The number of benzene rings is 3. The molecule has 3 aromatic rings. The van der Waals surface area contributed by atoms with Crippen molar-refractivity contribution in [2.24, 2.45) is 5.10 Å². The predicted octanol–water partition coefficient (Wildman–Crippen LogP) is 5.16. The fourth-order valence-electron chi connectivity index (χ4n) is 2.58. The van der Waals surface area contributed by atoms with Crippen LogP contribution in [-0.2, 0) is 4.79 Å². The van der Waals surface area contributed by atoms with E-state index in [0.29, 0.717) is 27.6 Å². The van der Waals surface area contributed by atoms with Gasteiger partial charge >= 0.3 is 5.97 Å². The number of nitrogens with zero attached hydrogens (tertiary/aromatic N) is 1. The lowest BCUT2D eigenvalue weighted by Crippen LogP contribution is -2.24. The Balaban J connectivity index is 1.63. The van der Waals surface area contributed by atoms with E-state index >= 15 is 0 Å². The zero-order chi connectivity index (χ0) is 22.2. The number of amides is 1. The third-order valence-corrected chi connectivity index (χ3v) is 4.83. The van der Waals surface area contributed by atoms with Crippen molar-refractivity contribution >= 4 is 45.6 Å². The van der Waals surface area contributed by atoms with Crippen LogP contribution in [0.2, 0.25) is 5.02 Å². The number of rotatable bonds is 7. The Kier molecular flexibility index (Phi) is 7.81. The molecule has 8 heteroatoms. The Bertz CT molecular complexity index is 1130. The molecule has 0 aliphatic heterocycles. The van der Waals surface area contributed by atoms with Crippen molar-refractivity contribution < 1.29 is 19.1 Å². The minimum Gasteiger partial charge on any atom is -0.484 e. The zero-order valence-electron chi connectivity index (χ0n) is 16.5. The number of esters is 1. The Morgan fingerprint density at radius 1 is 1.10 bits per heavy atom. The van der Waals surface area contributed by atoms with E-state index < -0.39 is 11.9 Å². The number of carbonyl (C=O) groups is 2. The van der Waals surface area contributed by atoms with E-state index in [0.717, 1.165) is 10.0 Å². The third-order valence-electron chi connectivity index (χ3n) is 4.10. The number of carbonyl (C=O) groups excluding carboxylic acids is 2. The largest absolute Gasteiger partial charge is 0.484 e. The molecule has 0 fully saturated rings. The van der Waals surface area contributed by atoms with Crippen molar-refractivity contribution in [3.63, 3.8) is 0 Å². The minimum absolute atomic E-state index is 0.231. The van der Waals surface area contributed by atoms with Gasteiger partial charge in [0.2, 0.25) is 0 Å². The molecule has 0 atom stereocenters. The van der Waals surface area contributed by atoms with Crippen LogP contribution in [0.25, 0.3) is 0 Å². The third kappa shape index (κ3) is 6.67. The average Bonchev–Trinajstić information content (AvgIpc) is 2.74. The summed E-state index contributed by atoms with van der Waals surface area (Å²) in [5.74, 6) is -0.146. The lowest BCUT2D eigenvalue weighted by atomic mass is 10.1. The fourth-order valence-corrected chi connectivity index (χ4v) is 3.14. The van der Waals surface area contributed by atoms with Crippen LogP contribution in [0.3, 0.4) is 0 Å². The highest BCUT2D eigenvalue weighted by molar-refractivity contribution is 9.10. The molecule has 0 saturated heterocycles. The van der Waals surface area contributed by atoms with Crippen LogP contribution < -0.4 is 14.9 Å². The van der Waals surface area contributed by atoms with Gasteiger partial charge in [-0.3, -0.25) is 4.79 Å². The molecule has 0 bridgehead atoms. The number of halogens is 2. The van der Waals surface area contributed by atoms with Gasteiger partial charge in [-0.2, -0.15) is 5.10 Å². The van der Waals surface area contributed by atoms with Gasteiger partial charge in [-0.05, 0) is 55.0 Å². The second-order valence-electron chi connectivity index (χ2n) is 6.43. The Morgan fingerprint density at radius 2 is 1.90 bits per heavy atom. The Hall–Kier alpha value is -3.16. The summed E-state index contributed by atoms with van der Waals surface area (Å²) in [6.07, 6.45) is 1.39. The summed E-state index contributed by atoms with van der Waals surface area (Å²) in [7, 11) is 0. The van der Waals surface area contributed by atoms with Gasteiger partial charge in [-0.15, -0.1) is 0 Å². The maximum Gasteiger partial charge on any atom is 0.343 e. The van der Waals surface area contributed by atoms with E-state index in [1.165, 1.54) is 6.21 Å². The van der Waals surface area contributed by atoms with Gasteiger partial charge in [0.15, 0.2) is 6.61 Å². The fraction of sp³-hybridized carbons (Fsp3) is 0.0870. The van der Waals surface area contributed by atoms with Crippen LogP contribution in [0.15, 0.2) is 76.3 Å². The minimum atomic E-state index is -0.478. The van der Waals surface area contributed by atoms with Crippen molar-refractivity contribution in [3.8, 4) is 11.5 Å². The van der Waals surface area contributed by atoms with Crippen LogP contribution in [0.5, 0.6) is 11.5 Å². The quantitative estimate of drug-likeness (QED) is 0.210. The molecule has 31 heavy (non-hydrogen) atoms. The normalized spacial score (nSPS) is 10.7. The molecule has 0 saturated carbocycles. The van der Waals surface area contributed by atoms with Crippen LogP contribution in [0.4, 0.5) is 0 Å². The number of ether oxygens (including phenoxy) is 2. The summed E-state index contributed by atoms with van der Waals surface area (Å²) >= 11 is 9.26. The first-order valence-electron chi connectivity index (χ1n) is 9.20. The summed E-state index contributed by atoms with van der Waals surface area (Å²) in [5.41, 5.74) is 4.16. The molecule has 0 aliphatic rings. The van der Waals surface area contributed by atoms with Gasteiger partial charge in [0.25, 0.3) is 5.91 Å². The van der Waals surface area contributed by atoms with Gasteiger partial charge < -0.3 is 9.47 Å². The zero-order valence-corrected chi connectivity index (χ0v) is 18.8. The summed E-state index contributed by atoms with van der Waals surface area (Å²) in [6.45, 7) is 1.60. The van der Waals surface area contributed by atoms with E-state index in [9.17, 15) is 9.59 Å². The highest BCUT2D eigenvalue weighted by atomic mass is 79.9. The highest BCUT2D eigenvalue weighted by Crippen LogP contribution is 2.23. The molecule has 1 amide bonds. The first-order chi connectivity index (χ1) is 14.9. The second kappa shape index (κ2) is 10.7. The molecule has 1 N–H and O–H groups in total. The maximum atomic E-state index is 12.5. The van der Waals surface area contributed by atoms with Crippen LogP contribution >= 0.6 is 27.5 Å². The van der Waals surface area contributed by atoms with Crippen molar-refractivity contribution in [1.29, 1.82) is 0 Å². The molecule has 0 spiro atoms. The van der Waals surface area contributed by atoms with Crippen LogP contribution in [0, 0.1) is 6.92 Å². The number of nitrogens with one attached hydrogen (secondary N) is 1. The van der Waals surface area contributed by atoms with Crippen molar-refractivity contribution in [2.45, 2.75) is 6.92 Å². The number of hydrogen-bond donors (Lipinski definition) is 1. The predicted molar refractivity (Wildman–Crippen MR) is 123 cm³/mol. The van der Waals surface area contributed by atoms with Gasteiger partial charge in [-0.1, -0.05) is 51.8 Å². The van der Waals surface area contributed by atoms with E-state index in [-0.39, 0.29) is 6.61 Å². The monoisotopic (exact) mass is 500 g/mol. The number of hydrogen-bond acceptors (Lipinski definition) is 5. The summed E-state index contributed by atoms with van der Waals surface area (Å²) < 4.78 is 11.7. The van der Waals surface area contributed by atoms with Crippen molar-refractivity contribution in [3.05, 3.63) is 92.9 Å². The maximum absolute atomic E-state index is 12.5. The standard InChI is InChI=1S/C23H18BrClN2O4/c1-15-5-2-3-8-20(15)23(29)31-21-10-9-17(24)11-16(21)13-26-27-22(28)14-30-19-7-4-6-18(25)12-19/h2-13H,14H2,1H3,(H,27,28)/b26-13-. The van der Waals surface area contributed by atoms with Gasteiger partial charge in [0.1, 0.15) is 11.5 Å². The second-order valence-corrected chi connectivity index (χ2v) is 7.78. The lowest BCUT2D eigenvalue weighted by Gasteiger charge is -2.09. The smallest absolute Gasteiger partial charge is 0.343 e. The SMILES string of the molecule is Cc1ccccc1C(=O)Oc1ccc(Br)cc1/C=N\NC(=O)COc1cccc(Cl)c1. The molecule has 6 nitrogen and oxygen atoms in total. The Morgan fingerprint density at radius 3 is 2.68 bits per heavy atom. The summed E-state index contributed by atoms with van der Waals surface area (Å²) in [6, 6.07) is 19.0. The first-order valence-corrected chi connectivity index (χ1v) is 10.4. The lowest BCUT2D eigenvalue weighted by molar-refractivity contribution is -0.123. The van der Waals surface area contributed by atoms with Gasteiger partial charge in [-0.25, -0.2) is 10.2 Å².